The second kappa shape index (κ2) is 19.5. The standard InChI is InChI=1S/C20H22F3N5OS.C20H22F3N5S/c21-20(22,23)15-4-2-1-3-14(15)13-25-18-17-16(5-12-30-17)26-19(27-18)24-6-7-28-8-10-29-11-9-28;21-20(22,23)15-6-2-1-5-14(15)13-25-18-17-16(7-12-29-17)26-19(27-18)24-8-11-28-9-3-4-10-28/h1-5,12H,6-11,13H2,(H2,24,25,26,27);1-2,5-7,12H,3-4,8-11,13H2,(H2,24,25,26,27). The summed E-state index contributed by atoms with van der Waals surface area (Å²) in [5.41, 5.74) is 0.628. The maximum Gasteiger partial charge on any atom is 0.416 e. The van der Waals surface area contributed by atoms with E-state index in [0.717, 1.165) is 91.6 Å². The molecule has 6 heterocycles. The van der Waals surface area contributed by atoms with Crippen LogP contribution < -0.4 is 21.3 Å². The molecule has 0 saturated carbocycles. The van der Waals surface area contributed by atoms with Crippen LogP contribution in [0.1, 0.15) is 35.1 Å². The van der Waals surface area contributed by atoms with Gasteiger partial charge in [0.1, 0.15) is 11.6 Å². The summed E-state index contributed by atoms with van der Waals surface area (Å²) >= 11 is 2.92. The Labute approximate surface area is 345 Å². The highest BCUT2D eigenvalue weighted by Gasteiger charge is 2.33. The Morgan fingerprint density at radius 1 is 0.559 bits per heavy atom. The molecule has 2 fully saturated rings. The van der Waals surface area contributed by atoms with Crippen molar-refractivity contribution in [3.63, 3.8) is 0 Å². The number of benzene rings is 2. The minimum absolute atomic E-state index is 0.0207. The van der Waals surface area contributed by atoms with E-state index in [2.05, 4.69) is 51.0 Å². The van der Waals surface area contributed by atoms with Crippen LogP contribution in [-0.2, 0) is 30.2 Å². The smallest absolute Gasteiger partial charge is 0.379 e. The molecule has 0 amide bonds. The summed E-state index contributed by atoms with van der Waals surface area (Å²) in [4.78, 5) is 22.8. The number of halogens is 6. The van der Waals surface area contributed by atoms with Gasteiger partial charge in [-0.2, -0.15) is 36.3 Å². The molecule has 0 atom stereocenters. The van der Waals surface area contributed by atoms with E-state index >= 15 is 0 Å². The minimum atomic E-state index is -4.39. The van der Waals surface area contributed by atoms with E-state index in [1.54, 1.807) is 12.1 Å². The van der Waals surface area contributed by atoms with Gasteiger partial charge in [0, 0.05) is 52.4 Å². The number of hydrogen-bond donors (Lipinski definition) is 4. The quantitative estimate of drug-likeness (QED) is 0.0788. The summed E-state index contributed by atoms with van der Waals surface area (Å²) in [6.07, 6.45) is -6.30. The van der Waals surface area contributed by atoms with E-state index in [9.17, 15) is 26.3 Å². The normalized spacial score (nSPS) is 15.3. The summed E-state index contributed by atoms with van der Waals surface area (Å²) in [6, 6.07) is 14.9. The number of aromatic nitrogens is 4. The van der Waals surface area contributed by atoms with Crippen LogP contribution in [0.15, 0.2) is 71.4 Å². The molecule has 0 unspecified atom stereocenters. The molecule has 6 aromatic rings. The number of rotatable bonds is 14. The fourth-order valence-electron chi connectivity index (χ4n) is 6.87. The number of ether oxygens (including phenoxy) is 1. The number of alkyl halides is 6. The Bertz CT molecular complexity index is 2270. The third-order valence-corrected chi connectivity index (χ3v) is 11.7. The lowest BCUT2D eigenvalue weighted by atomic mass is 10.1. The molecule has 11 nitrogen and oxygen atoms in total. The van der Waals surface area contributed by atoms with E-state index in [-0.39, 0.29) is 24.2 Å². The van der Waals surface area contributed by atoms with Gasteiger partial charge in [0.05, 0.1) is 44.8 Å². The lowest BCUT2D eigenvalue weighted by Crippen LogP contribution is -2.39. The predicted molar refractivity (Wildman–Crippen MR) is 222 cm³/mol. The number of thiophene rings is 2. The Hall–Kier alpha value is -4.82. The van der Waals surface area contributed by atoms with Crippen LogP contribution in [0.3, 0.4) is 0 Å². The number of anilines is 4. The van der Waals surface area contributed by atoms with Gasteiger partial charge in [-0.1, -0.05) is 36.4 Å². The highest BCUT2D eigenvalue weighted by atomic mass is 32.1. The fourth-order valence-corrected chi connectivity index (χ4v) is 8.46. The van der Waals surface area contributed by atoms with Crippen molar-refractivity contribution < 1.29 is 31.1 Å². The predicted octanol–water partition coefficient (Wildman–Crippen LogP) is 8.90. The van der Waals surface area contributed by atoms with E-state index in [0.29, 0.717) is 30.1 Å². The largest absolute Gasteiger partial charge is 0.416 e. The molecular formula is C40H44F6N10OS2. The summed E-state index contributed by atoms with van der Waals surface area (Å²) in [6.45, 7) is 8.75. The van der Waals surface area contributed by atoms with Gasteiger partial charge in [-0.05, 0) is 72.1 Å². The topological polar surface area (TPSA) is 115 Å². The van der Waals surface area contributed by atoms with E-state index < -0.39 is 23.5 Å². The van der Waals surface area contributed by atoms with Crippen LogP contribution >= 0.6 is 22.7 Å². The molecule has 0 radical (unpaired) electrons. The van der Waals surface area contributed by atoms with Crippen molar-refractivity contribution in [2.24, 2.45) is 0 Å². The molecule has 19 heteroatoms. The lowest BCUT2D eigenvalue weighted by Gasteiger charge is -2.26. The van der Waals surface area contributed by atoms with Gasteiger partial charge in [-0.15, -0.1) is 22.7 Å². The number of nitrogens with one attached hydrogen (secondary N) is 4. The van der Waals surface area contributed by atoms with Crippen molar-refractivity contribution in [2.75, 3.05) is 86.8 Å². The van der Waals surface area contributed by atoms with Gasteiger partial charge in [0.25, 0.3) is 0 Å². The number of morpholine rings is 1. The van der Waals surface area contributed by atoms with Gasteiger partial charge in [-0.25, -0.2) is 9.97 Å². The molecule has 0 bridgehead atoms. The fraction of sp³-hybridized carbons (Fsp3) is 0.400. The van der Waals surface area contributed by atoms with Crippen LogP contribution in [0.4, 0.5) is 49.9 Å². The molecule has 314 valence electrons. The van der Waals surface area contributed by atoms with Crippen molar-refractivity contribution in [3.05, 3.63) is 93.7 Å². The minimum Gasteiger partial charge on any atom is -0.379 e. The molecule has 8 rings (SSSR count). The second-order valence-corrected chi connectivity index (χ2v) is 15.8. The van der Waals surface area contributed by atoms with Crippen molar-refractivity contribution >= 4 is 66.6 Å². The molecule has 2 aliphatic rings. The molecule has 0 aliphatic carbocycles. The zero-order valence-corrected chi connectivity index (χ0v) is 33.6. The maximum atomic E-state index is 13.3. The van der Waals surface area contributed by atoms with Gasteiger partial charge >= 0.3 is 12.4 Å². The number of nitrogens with zero attached hydrogens (tertiary/aromatic N) is 6. The number of likely N-dealkylation sites (tertiary alicyclic amines) is 1. The third kappa shape index (κ3) is 11.5. The first-order chi connectivity index (χ1) is 28.5. The Morgan fingerprint density at radius 2 is 1.00 bits per heavy atom. The first-order valence-electron chi connectivity index (χ1n) is 19.3. The molecular weight excluding hydrogens is 815 g/mol. The molecule has 2 aliphatic heterocycles. The van der Waals surface area contributed by atoms with Gasteiger partial charge in [-0.3, -0.25) is 4.90 Å². The van der Waals surface area contributed by atoms with Crippen molar-refractivity contribution in [1.29, 1.82) is 0 Å². The zero-order chi connectivity index (χ0) is 41.2. The summed E-state index contributed by atoms with van der Waals surface area (Å²) in [5.74, 6) is 2.02. The maximum absolute atomic E-state index is 13.3. The van der Waals surface area contributed by atoms with Crippen LogP contribution in [0, 0.1) is 0 Å². The molecule has 4 N–H and O–H groups in total. The van der Waals surface area contributed by atoms with Crippen molar-refractivity contribution in [3.8, 4) is 0 Å². The Balaban J connectivity index is 0.000000179. The second-order valence-electron chi connectivity index (χ2n) is 13.9. The van der Waals surface area contributed by atoms with Crippen molar-refractivity contribution in [1.82, 2.24) is 29.7 Å². The molecule has 4 aromatic heterocycles. The lowest BCUT2D eigenvalue weighted by molar-refractivity contribution is -0.139. The van der Waals surface area contributed by atoms with Crippen LogP contribution in [0.2, 0.25) is 0 Å². The summed E-state index contributed by atoms with van der Waals surface area (Å²) < 4.78 is 86.5. The van der Waals surface area contributed by atoms with Crippen LogP contribution in [-0.4, -0.2) is 95.3 Å². The molecule has 0 spiro atoms. The summed E-state index contributed by atoms with van der Waals surface area (Å²) in [7, 11) is 0. The highest BCUT2D eigenvalue weighted by molar-refractivity contribution is 7.18. The third-order valence-electron chi connectivity index (χ3n) is 9.87. The van der Waals surface area contributed by atoms with Crippen LogP contribution in [0.5, 0.6) is 0 Å². The van der Waals surface area contributed by atoms with Crippen LogP contribution in [0.25, 0.3) is 20.4 Å². The molecule has 59 heavy (non-hydrogen) atoms. The number of fused-ring (bicyclic) bond motifs is 2. The Kier molecular flexibility index (Phi) is 14.0. The van der Waals surface area contributed by atoms with Gasteiger partial charge < -0.3 is 30.9 Å². The number of hydrogen-bond acceptors (Lipinski definition) is 13. The monoisotopic (exact) mass is 858 g/mol. The zero-order valence-electron chi connectivity index (χ0n) is 32.0. The van der Waals surface area contributed by atoms with Crippen molar-refractivity contribution in [2.45, 2.75) is 38.3 Å². The van der Waals surface area contributed by atoms with Gasteiger partial charge in [0.15, 0.2) is 0 Å². The SMILES string of the molecule is FC(F)(F)c1ccccc1CNc1nc(NCCN2CCCC2)nc2ccsc12.FC(F)(F)c1ccccc1CNc1nc(NCCN2CCOCC2)nc2ccsc12. The van der Waals surface area contributed by atoms with E-state index in [4.69, 9.17) is 4.74 Å². The van der Waals surface area contributed by atoms with E-state index in [1.165, 1.54) is 59.8 Å². The molecule has 2 saturated heterocycles. The average Bonchev–Trinajstić information content (AvgIpc) is 4.03. The summed E-state index contributed by atoms with van der Waals surface area (Å²) in [5, 5.41) is 16.4. The van der Waals surface area contributed by atoms with Gasteiger partial charge in [0.2, 0.25) is 11.9 Å². The van der Waals surface area contributed by atoms with E-state index in [1.807, 2.05) is 22.9 Å². The highest BCUT2D eigenvalue weighted by Crippen LogP contribution is 2.35. The molecule has 2 aromatic carbocycles. The first-order valence-corrected chi connectivity index (χ1v) is 21.1. The Morgan fingerprint density at radius 3 is 1.46 bits per heavy atom. The average molecular weight is 859 g/mol. The first kappa shape index (κ1) is 42.3.